The number of β-lactam (4-membered cyclic amide) rings is 1. The van der Waals surface area contributed by atoms with Crippen molar-refractivity contribution in [2.45, 2.75) is 66.9 Å². The number of nitrogens with zero attached hydrogens (tertiary/aromatic N) is 1. The maximum Gasteiger partial charge on any atom is 0.326 e. The van der Waals surface area contributed by atoms with Crippen LogP contribution in [-0.4, -0.2) is 70.4 Å². The van der Waals surface area contributed by atoms with Crippen molar-refractivity contribution in [3.05, 3.63) is 89.7 Å². The van der Waals surface area contributed by atoms with Gasteiger partial charge in [-0.3, -0.25) is 14.4 Å². The van der Waals surface area contributed by atoms with Crippen LogP contribution in [0.1, 0.15) is 63.2 Å². The molecular formula is C37H42FN3O7S2. The third-order valence-electron chi connectivity index (χ3n) is 8.81. The molecule has 3 amide bonds. The summed E-state index contributed by atoms with van der Waals surface area (Å²) >= 11 is 2.96. The smallest absolute Gasteiger partial charge is 0.326 e. The molecule has 50 heavy (non-hydrogen) atoms. The molecule has 0 bridgehead atoms. The Labute approximate surface area is 300 Å². The Bertz CT molecular complexity index is 1670. The first-order valence-corrected chi connectivity index (χ1v) is 18.8. The number of carboxylic acids is 1. The molecule has 2 aliphatic rings. The SMILES string of the molecule is [2H]C1(C[C@H](NC(=O)CNC(=O)COc2ccc([C@@H]3[C@@H](SCC(O)c4ccc(SC)cc4)C(=O)N3c3ccc(F)cc3)cc2)C(=O)O)CCCCC1. The Balaban J connectivity index is 1.15. The van der Waals surface area contributed by atoms with Gasteiger partial charge in [0.25, 0.3) is 5.91 Å². The highest BCUT2D eigenvalue weighted by Crippen LogP contribution is 2.46. The Hall–Kier alpha value is -4.07. The first-order valence-electron chi connectivity index (χ1n) is 17.0. The lowest BCUT2D eigenvalue weighted by molar-refractivity contribution is -0.142. The van der Waals surface area contributed by atoms with Crippen molar-refractivity contribution < 1.29 is 39.9 Å². The molecule has 1 saturated heterocycles. The Morgan fingerprint density at radius 1 is 1.00 bits per heavy atom. The molecule has 1 saturated carbocycles. The van der Waals surface area contributed by atoms with Crippen LogP contribution >= 0.6 is 23.5 Å². The molecule has 5 rings (SSSR count). The van der Waals surface area contributed by atoms with Crippen LogP contribution in [0.2, 0.25) is 0 Å². The minimum absolute atomic E-state index is 0.00601. The van der Waals surface area contributed by atoms with E-state index >= 15 is 0 Å². The van der Waals surface area contributed by atoms with Crippen molar-refractivity contribution in [1.82, 2.24) is 10.6 Å². The number of halogens is 1. The zero-order valence-electron chi connectivity index (χ0n) is 28.7. The van der Waals surface area contributed by atoms with E-state index in [9.17, 15) is 33.8 Å². The van der Waals surface area contributed by atoms with Gasteiger partial charge < -0.3 is 30.5 Å². The molecule has 1 heterocycles. The van der Waals surface area contributed by atoms with Crippen LogP contribution in [0.4, 0.5) is 10.1 Å². The van der Waals surface area contributed by atoms with Crippen LogP contribution in [0.3, 0.4) is 0 Å². The molecule has 3 aromatic rings. The van der Waals surface area contributed by atoms with Crippen LogP contribution in [0.15, 0.2) is 77.7 Å². The maximum absolute atomic E-state index is 13.7. The second-order valence-electron chi connectivity index (χ2n) is 12.3. The van der Waals surface area contributed by atoms with Gasteiger partial charge in [-0.1, -0.05) is 56.4 Å². The van der Waals surface area contributed by atoms with Gasteiger partial charge in [-0.15, -0.1) is 23.5 Å². The number of amides is 3. The lowest BCUT2D eigenvalue weighted by Gasteiger charge is -2.47. The van der Waals surface area contributed by atoms with E-state index in [0.29, 0.717) is 30.0 Å². The van der Waals surface area contributed by atoms with Gasteiger partial charge in [0.05, 0.1) is 18.7 Å². The predicted molar refractivity (Wildman–Crippen MR) is 192 cm³/mol. The van der Waals surface area contributed by atoms with Gasteiger partial charge in [0.15, 0.2) is 6.61 Å². The van der Waals surface area contributed by atoms with E-state index in [1.165, 1.54) is 23.9 Å². The summed E-state index contributed by atoms with van der Waals surface area (Å²) in [6, 6.07) is 18.5. The van der Waals surface area contributed by atoms with Crippen LogP contribution in [0, 0.1) is 11.7 Å². The zero-order valence-corrected chi connectivity index (χ0v) is 29.3. The lowest BCUT2D eigenvalue weighted by atomic mass is 9.85. The van der Waals surface area contributed by atoms with E-state index in [1.54, 1.807) is 53.1 Å². The number of nitrogens with one attached hydrogen (secondary N) is 2. The standard InChI is InChI=1S/C37H42FN3O7S2/c1-49-29-17-9-24(10-18-29)31(42)22-50-35-34(41(36(35)45)27-13-11-26(38)12-14-27)25-7-15-28(16-8-25)48-21-33(44)39-20-32(43)40-30(37(46)47)19-23-5-3-2-4-6-23/h7-18,23,30-31,34-35,42H,2-6,19-22H2,1H3,(H,39,44)(H,40,43)(H,46,47)/t30-,31?,34+,35+/m0/s1/i23D. The van der Waals surface area contributed by atoms with Gasteiger partial charge in [0.2, 0.25) is 11.8 Å². The number of carbonyl (C=O) groups is 4. The number of carboxylic acid groups (broad SMARTS) is 1. The normalized spacial score (nSPS) is 19.8. The number of hydrogen-bond donors (Lipinski definition) is 4. The summed E-state index contributed by atoms with van der Waals surface area (Å²) in [4.78, 5) is 52.7. The van der Waals surface area contributed by atoms with Crippen molar-refractivity contribution in [3.8, 4) is 5.75 Å². The fraction of sp³-hybridized carbons (Fsp3) is 0.405. The molecule has 4 atom stereocenters. The zero-order chi connectivity index (χ0) is 36.5. The highest BCUT2D eigenvalue weighted by atomic mass is 32.2. The lowest BCUT2D eigenvalue weighted by Crippen LogP contribution is -2.57. The van der Waals surface area contributed by atoms with Crippen molar-refractivity contribution in [1.29, 1.82) is 0 Å². The average molecular weight is 725 g/mol. The third-order valence-corrected chi connectivity index (χ3v) is 10.9. The molecule has 3 aromatic carbocycles. The summed E-state index contributed by atoms with van der Waals surface area (Å²) in [6.07, 6.45) is 5.11. The summed E-state index contributed by atoms with van der Waals surface area (Å²) in [7, 11) is 0. The molecular weight excluding hydrogens is 682 g/mol. The number of aliphatic carboxylic acids is 1. The minimum atomic E-state index is -1.22. The topological polar surface area (TPSA) is 145 Å². The second-order valence-corrected chi connectivity index (χ2v) is 14.3. The van der Waals surface area contributed by atoms with Crippen LogP contribution in [0.25, 0.3) is 0 Å². The number of rotatable bonds is 16. The van der Waals surface area contributed by atoms with E-state index in [1.807, 2.05) is 30.5 Å². The van der Waals surface area contributed by atoms with Crippen LogP contribution in [0.5, 0.6) is 5.75 Å². The molecule has 0 aromatic heterocycles. The fourth-order valence-corrected chi connectivity index (χ4v) is 7.79. The van der Waals surface area contributed by atoms with Crippen LogP contribution in [-0.2, 0) is 19.2 Å². The molecule has 0 radical (unpaired) electrons. The number of aliphatic hydroxyl groups is 1. The maximum atomic E-state index is 13.7. The largest absolute Gasteiger partial charge is 0.484 e. The summed E-state index contributed by atoms with van der Waals surface area (Å²) in [6.45, 7) is -0.843. The van der Waals surface area contributed by atoms with E-state index in [2.05, 4.69) is 10.6 Å². The van der Waals surface area contributed by atoms with Crippen molar-refractivity contribution in [2.75, 3.05) is 30.1 Å². The van der Waals surface area contributed by atoms with E-state index in [4.69, 9.17) is 6.11 Å². The molecule has 1 aliphatic heterocycles. The number of thioether (sulfide) groups is 2. The quantitative estimate of drug-likeness (QED) is 0.111. The molecule has 0 spiro atoms. The van der Waals surface area contributed by atoms with Gasteiger partial charge in [-0.05, 0) is 78.2 Å². The monoisotopic (exact) mass is 724 g/mol. The number of ether oxygens (including phenoxy) is 1. The van der Waals surface area contributed by atoms with E-state index in [0.717, 1.165) is 35.3 Å². The molecule has 2 fully saturated rings. The Morgan fingerprint density at radius 3 is 2.32 bits per heavy atom. The highest BCUT2D eigenvalue weighted by molar-refractivity contribution is 8.00. The van der Waals surface area contributed by atoms with Gasteiger partial charge in [-0.2, -0.15) is 0 Å². The number of benzene rings is 3. The first-order chi connectivity index (χ1) is 24.5. The third kappa shape index (κ3) is 9.79. The second kappa shape index (κ2) is 17.7. The van der Waals surface area contributed by atoms with Gasteiger partial charge in [-0.25, -0.2) is 9.18 Å². The fourth-order valence-electron chi connectivity index (χ4n) is 6.09. The molecule has 266 valence electrons. The van der Waals surface area contributed by atoms with Gasteiger partial charge >= 0.3 is 5.97 Å². The molecule has 4 N–H and O–H groups in total. The number of hydrogen-bond acceptors (Lipinski definition) is 8. The molecule has 1 unspecified atom stereocenters. The van der Waals surface area contributed by atoms with Gasteiger partial charge in [0, 0.05) is 17.7 Å². The number of carbonyl (C=O) groups excluding carboxylic acids is 3. The minimum Gasteiger partial charge on any atom is -0.484 e. The summed E-state index contributed by atoms with van der Waals surface area (Å²) in [5.41, 5.74) is 2.08. The summed E-state index contributed by atoms with van der Waals surface area (Å²) in [5.74, 6) is -3.29. The summed E-state index contributed by atoms with van der Waals surface area (Å²) < 4.78 is 27.9. The Morgan fingerprint density at radius 2 is 1.68 bits per heavy atom. The van der Waals surface area contributed by atoms with Crippen LogP contribution < -0.4 is 20.3 Å². The molecule has 1 aliphatic carbocycles. The number of anilines is 1. The van der Waals surface area contributed by atoms with Crippen molar-refractivity contribution in [2.24, 2.45) is 5.89 Å². The molecule has 10 nitrogen and oxygen atoms in total. The first kappa shape index (κ1) is 35.7. The predicted octanol–water partition coefficient (Wildman–Crippen LogP) is 5.51. The average Bonchev–Trinajstić information content (AvgIpc) is 3.13. The Kier molecular flexibility index (Phi) is 12.7. The highest BCUT2D eigenvalue weighted by Gasteiger charge is 2.49. The summed E-state index contributed by atoms with van der Waals surface area (Å²) in [5, 5.41) is 24.8. The van der Waals surface area contributed by atoms with Crippen molar-refractivity contribution in [3.63, 3.8) is 0 Å². The van der Waals surface area contributed by atoms with E-state index < -0.39 is 66.1 Å². The van der Waals surface area contributed by atoms with Crippen molar-refractivity contribution >= 4 is 52.9 Å². The van der Waals surface area contributed by atoms with Gasteiger partial charge in [0.1, 0.15) is 22.9 Å². The molecule has 13 heteroatoms. The number of aliphatic hydroxyl groups excluding tert-OH is 1. The van der Waals surface area contributed by atoms with E-state index in [-0.39, 0.29) is 12.3 Å².